The summed E-state index contributed by atoms with van der Waals surface area (Å²) in [6.07, 6.45) is 6.30. The van der Waals surface area contributed by atoms with Crippen molar-refractivity contribution < 1.29 is 0 Å². The number of benzene rings is 1. The molecule has 1 aliphatic rings. The van der Waals surface area contributed by atoms with Gasteiger partial charge in [0.1, 0.15) is 0 Å². The maximum atomic E-state index is 4.40. The fourth-order valence-electron chi connectivity index (χ4n) is 2.99. The molecule has 2 heterocycles. The molecule has 3 rings (SSSR count). The van der Waals surface area contributed by atoms with E-state index in [0.29, 0.717) is 0 Å². The van der Waals surface area contributed by atoms with Gasteiger partial charge in [-0.25, -0.2) is 4.98 Å². The molecule has 0 radical (unpaired) electrons. The number of hydrogen-bond donors (Lipinski definition) is 1. The van der Waals surface area contributed by atoms with Crippen LogP contribution in [-0.2, 0) is 5.54 Å². The second kappa shape index (κ2) is 4.82. The van der Waals surface area contributed by atoms with Gasteiger partial charge in [-0.1, -0.05) is 24.3 Å². The molecule has 0 spiro atoms. The number of piperidine rings is 1. The summed E-state index contributed by atoms with van der Waals surface area (Å²) in [7, 11) is 0. The van der Waals surface area contributed by atoms with E-state index in [0.717, 1.165) is 25.9 Å². The van der Waals surface area contributed by atoms with Crippen LogP contribution in [0.3, 0.4) is 0 Å². The van der Waals surface area contributed by atoms with E-state index < -0.39 is 0 Å². The minimum atomic E-state index is 0.180. The largest absolute Gasteiger partial charge is 0.325 e. The highest BCUT2D eigenvalue weighted by molar-refractivity contribution is 5.63. The maximum Gasteiger partial charge on any atom is 0.0956 e. The average molecular weight is 255 g/mol. The Balaban J connectivity index is 2.06. The summed E-state index contributed by atoms with van der Waals surface area (Å²) in [5, 5.41) is 3.44. The molecule has 0 amide bonds. The molecule has 19 heavy (non-hydrogen) atoms. The van der Waals surface area contributed by atoms with Gasteiger partial charge in [-0.3, -0.25) is 0 Å². The summed E-state index contributed by atoms with van der Waals surface area (Å²) >= 11 is 0. The van der Waals surface area contributed by atoms with Crippen molar-refractivity contribution in [1.82, 2.24) is 14.9 Å². The minimum Gasteiger partial charge on any atom is -0.325 e. The molecule has 2 aromatic rings. The lowest BCUT2D eigenvalue weighted by Crippen LogP contribution is -2.41. The normalized spacial score (nSPS) is 18.4. The van der Waals surface area contributed by atoms with Gasteiger partial charge in [0.25, 0.3) is 0 Å². The van der Waals surface area contributed by atoms with Gasteiger partial charge in [0, 0.05) is 11.1 Å². The molecule has 0 atom stereocenters. The minimum absolute atomic E-state index is 0.180. The molecule has 1 N–H and O–H groups in total. The lowest BCUT2D eigenvalue weighted by molar-refractivity contribution is 0.233. The second-order valence-electron chi connectivity index (χ2n) is 5.71. The number of aromatic nitrogens is 2. The number of aryl methyl sites for hydroxylation is 1. The van der Waals surface area contributed by atoms with Crippen molar-refractivity contribution in [3.05, 3.63) is 42.4 Å². The van der Waals surface area contributed by atoms with Crippen LogP contribution in [0.4, 0.5) is 0 Å². The van der Waals surface area contributed by atoms with Crippen molar-refractivity contribution in [2.24, 2.45) is 0 Å². The smallest absolute Gasteiger partial charge is 0.0956 e. The quantitative estimate of drug-likeness (QED) is 0.894. The van der Waals surface area contributed by atoms with Crippen molar-refractivity contribution in [1.29, 1.82) is 0 Å². The summed E-state index contributed by atoms with van der Waals surface area (Å²) in [6.45, 7) is 6.68. The fraction of sp³-hybridized carbons (Fsp3) is 0.438. The number of rotatable bonds is 2. The highest BCUT2D eigenvalue weighted by Crippen LogP contribution is 2.33. The standard InChI is InChI=1S/C16H21N3/c1-13-5-3-4-6-14(13)15-11-18-12-19(15)16(2)7-9-17-10-8-16/h3-6,11-12,17H,7-10H2,1-2H3. The summed E-state index contributed by atoms with van der Waals surface area (Å²) in [5.74, 6) is 0. The Morgan fingerprint density at radius 2 is 1.95 bits per heavy atom. The zero-order valence-corrected chi connectivity index (χ0v) is 11.7. The van der Waals surface area contributed by atoms with Crippen LogP contribution in [0.1, 0.15) is 25.3 Å². The van der Waals surface area contributed by atoms with Gasteiger partial charge in [-0.15, -0.1) is 0 Å². The first-order valence-corrected chi connectivity index (χ1v) is 7.00. The van der Waals surface area contributed by atoms with Gasteiger partial charge in [-0.2, -0.15) is 0 Å². The average Bonchev–Trinajstić information content (AvgIpc) is 2.90. The van der Waals surface area contributed by atoms with E-state index in [2.05, 4.69) is 53.0 Å². The molecule has 1 fully saturated rings. The molecule has 3 heteroatoms. The Labute approximate surface area is 114 Å². The predicted octanol–water partition coefficient (Wildman–Crippen LogP) is 2.96. The lowest BCUT2D eigenvalue weighted by atomic mass is 9.89. The van der Waals surface area contributed by atoms with E-state index in [1.165, 1.54) is 16.8 Å². The van der Waals surface area contributed by atoms with Crippen molar-refractivity contribution in [3.63, 3.8) is 0 Å². The summed E-state index contributed by atoms with van der Waals surface area (Å²) in [6, 6.07) is 8.54. The van der Waals surface area contributed by atoms with Crippen LogP contribution in [0.2, 0.25) is 0 Å². The third-order valence-electron chi connectivity index (χ3n) is 4.32. The molecule has 0 saturated carbocycles. The number of imidazole rings is 1. The zero-order valence-electron chi connectivity index (χ0n) is 11.7. The first kappa shape index (κ1) is 12.4. The van der Waals surface area contributed by atoms with Crippen LogP contribution < -0.4 is 5.32 Å². The SMILES string of the molecule is Cc1ccccc1-c1cncn1C1(C)CCNCC1. The molecule has 3 nitrogen and oxygen atoms in total. The van der Waals surface area contributed by atoms with E-state index >= 15 is 0 Å². The topological polar surface area (TPSA) is 29.9 Å². The third-order valence-corrected chi connectivity index (χ3v) is 4.32. The second-order valence-corrected chi connectivity index (χ2v) is 5.71. The molecule has 0 unspecified atom stereocenters. The van der Waals surface area contributed by atoms with Crippen LogP contribution in [0.15, 0.2) is 36.8 Å². The Bertz CT molecular complexity index is 565. The Morgan fingerprint density at radius 1 is 1.21 bits per heavy atom. The summed E-state index contributed by atoms with van der Waals surface area (Å²) in [5.41, 5.74) is 4.02. The molecule has 0 aliphatic carbocycles. The predicted molar refractivity (Wildman–Crippen MR) is 78.2 cm³/mol. The summed E-state index contributed by atoms with van der Waals surface area (Å²) in [4.78, 5) is 4.40. The maximum absolute atomic E-state index is 4.40. The summed E-state index contributed by atoms with van der Waals surface area (Å²) < 4.78 is 2.37. The fourth-order valence-corrected chi connectivity index (χ4v) is 2.99. The van der Waals surface area contributed by atoms with E-state index in [9.17, 15) is 0 Å². The molecule has 1 aliphatic heterocycles. The van der Waals surface area contributed by atoms with Gasteiger partial charge in [0.2, 0.25) is 0 Å². The molecule has 1 saturated heterocycles. The van der Waals surface area contributed by atoms with Crippen molar-refractivity contribution in [2.45, 2.75) is 32.2 Å². The van der Waals surface area contributed by atoms with E-state index in [4.69, 9.17) is 0 Å². The van der Waals surface area contributed by atoms with E-state index in [-0.39, 0.29) is 5.54 Å². The number of hydrogen-bond acceptors (Lipinski definition) is 2. The van der Waals surface area contributed by atoms with Crippen molar-refractivity contribution in [2.75, 3.05) is 13.1 Å². The first-order valence-electron chi connectivity index (χ1n) is 7.00. The van der Waals surface area contributed by atoms with E-state index in [1.54, 1.807) is 0 Å². The van der Waals surface area contributed by atoms with Crippen molar-refractivity contribution in [3.8, 4) is 11.3 Å². The van der Waals surface area contributed by atoms with Gasteiger partial charge >= 0.3 is 0 Å². The van der Waals surface area contributed by atoms with Crippen LogP contribution in [0, 0.1) is 6.92 Å². The van der Waals surface area contributed by atoms with Gasteiger partial charge in [0.15, 0.2) is 0 Å². The van der Waals surface area contributed by atoms with E-state index in [1.807, 2.05) is 12.5 Å². The van der Waals surface area contributed by atoms with Crippen molar-refractivity contribution >= 4 is 0 Å². The Kier molecular flexibility index (Phi) is 3.15. The molecule has 1 aromatic carbocycles. The molecular weight excluding hydrogens is 234 g/mol. The first-order chi connectivity index (χ1) is 9.21. The number of nitrogens with zero attached hydrogens (tertiary/aromatic N) is 2. The highest BCUT2D eigenvalue weighted by atomic mass is 15.1. The molecule has 0 bridgehead atoms. The molecular formula is C16H21N3. The highest BCUT2D eigenvalue weighted by Gasteiger charge is 2.30. The zero-order chi connectivity index (χ0) is 13.3. The Hall–Kier alpha value is -1.61. The van der Waals surface area contributed by atoms with Crippen LogP contribution >= 0.6 is 0 Å². The van der Waals surface area contributed by atoms with Crippen LogP contribution in [0.25, 0.3) is 11.3 Å². The van der Waals surface area contributed by atoms with Gasteiger partial charge in [0.05, 0.1) is 18.2 Å². The van der Waals surface area contributed by atoms with Crippen LogP contribution in [0.5, 0.6) is 0 Å². The third kappa shape index (κ3) is 2.19. The molecule has 100 valence electrons. The van der Waals surface area contributed by atoms with Gasteiger partial charge < -0.3 is 9.88 Å². The van der Waals surface area contributed by atoms with Crippen LogP contribution in [-0.4, -0.2) is 22.6 Å². The molecule has 1 aromatic heterocycles. The number of nitrogens with one attached hydrogen (secondary N) is 1. The lowest BCUT2D eigenvalue weighted by Gasteiger charge is -2.37. The Morgan fingerprint density at radius 3 is 2.68 bits per heavy atom. The monoisotopic (exact) mass is 255 g/mol. The van der Waals surface area contributed by atoms with Gasteiger partial charge in [-0.05, 0) is 45.3 Å².